The minimum atomic E-state index is -4.14. The van der Waals surface area contributed by atoms with Crippen LogP contribution in [0.4, 0.5) is 13.2 Å². The molecule has 5 heteroatoms. The van der Waals surface area contributed by atoms with Crippen LogP contribution >= 0.6 is 0 Å². The molecule has 0 atom stereocenters. The Labute approximate surface area is 85.7 Å². The first kappa shape index (κ1) is 11.1. The van der Waals surface area contributed by atoms with Crippen LogP contribution in [-0.4, -0.2) is 21.1 Å². The molecule has 0 aliphatic heterocycles. The second kappa shape index (κ2) is 4.49. The van der Waals surface area contributed by atoms with Gasteiger partial charge in [0.25, 0.3) is 0 Å². The van der Waals surface area contributed by atoms with Crippen molar-refractivity contribution in [1.82, 2.24) is 0 Å². The summed E-state index contributed by atoms with van der Waals surface area (Å²) < 4.78 is 36.2. The molecule has 1 aromatic rings. The van der Waals surface area contributed by atoms with Crippen molar-refractivity contribution >= 4 is 19.4 Å². The number of nitrogens with zero attached hydrogens (tertiary/aromatic N) is 1. The quantitative estimate of drug-likeness (QED) is 0.748. The molecule has 0 aromatic heterocycles. The van der Waals surface area contributed by atoms with Crippen molar-refractivity contribution in [1.29, 1.82) is 5.26 Å². The topological polar surface area (TPSA) is 23.8 Å². The van der Waals surface area contributed by atoms with E-state index in [1.165, 1.54) is 6.07 Å². The first-order valence-corrected chi connectivity index (χ1v) is 5.78. The van der Waals surface area contributed by atoms with Crippen LogP contribution in [0.3, 0.4) is 0 Å². The van der Waals surface area contributed by atoms with Gasteiger partial charge in [-0.15, -0.1) is 0 Å². The molecule has 0 heterocycles. The summed E-state index contributed by atoms with van der Waals surface area (Å²) in [4.78, 5) is 0. The van der Waals surface area contributed by atoms with Crippen molar-refractivity contribution in [2.75, 3.05) is 0 Å². The molecule has 0 spiro atoms. The van der Waals surface area contributed by atoms with E-state index in [1.807, 2.05) is 6.07 Å². The summed E-state index contributed by atoms with van der Waals surface area (Å²) in [6.45, 7) is 0. The van der Waals surface area contributed by atoms with Crippen molar-refractivity contribution < 1.29 is 13.2 Å². The SMILES string of the molecule is N#Cc1ccccc1[Se]CC(F)(F)F. The van der Waals surface area contributed by atoms with Gasteiger partial charge in [0.05, 0.1) is 0 Å². The van der Waals surface area contributed by atoms with Gasteiger partial charge in [0.1, 0.15) is 0 Å². The van der Waals surface area contributed by atoms with Crippen molar-refractivity contribution in [3.63, 3.8) is 0 Å². The first-order chi connectivity index (χ1) is 6.53. The van der Waals surface area contributed by atoms with Crippen LogP contribution < -0.4 is 4.46 Å². The predicted molar refractivity (Wildman–Crippen MR) is 47.4 cm³/mol. The molecular weight excluding hydrogens is 258 g/mol. The monoisotopic (exact) mass is 265 g/mol. The fraction of sp³-hybridized carbons (Fsp3) is 0.222. The summed E-state index contributed by atoms with van der Waals surface area (Å²) in [5.74, 6) is 0. The molecule has 1 aromatic carbocycles. The van der Waals surface area contributed by atoms with Gasteiger partial charge in [-0.3, -0.25) is 0 Å². The standard InChI is InChI=1S/C9H6F3NSe/c10-9(11,12)6-14-8-4-2-1-3-7(8)5-13/h1-4H,6H2. The van der Waals surface area contributed by atoms with Crippen LogP contribution in [0.15, 0.2) is 24.3 Å². The maximum absolute atomic E-state index is 11.9. The molecule has 0 unspecified atom stereocenters. The number of benzene rings is 1. The van der Waals surface area contributed by atoms with E-state index in [0.29, 0.717) is 10.0 Å². The average Bonchev–Trinajstić information content (AvgIpc) is 2.14. The zero-order valence-corrected chi connectivity index (χ0v) is 8.72. The van der Waals surface area contributed by atoms with Crippen LogP contribution in [0.5, 0.6) is 0 Å². The molecule has 0 radical (unpaired) electrons. The fourth-order valence-corrected chi connectivity index (χ4v) is 2.45. The Bertz CT molecular complexity index is 354. The second-order valence-electron chi connectivity index (χ2n) is 2.51. The third kappa shape index (κ3) is 3.41. The van der Waals surface area contributed by atoms with Crippen molar-refractivity contribution in [3.05, 3.63) is 29.8 Å². The third-order valence-electron chi connectivity index (χ3n) is 1.40. The van der Waals surface area contributed by atoms with Crippen molar-refractivity contribution in [2.45, 2.75) is 11.5 Å². The average molecular weight is 264 g/mol. The van der Waals surface area contributed by atoms with Crippen LogP contribution in [0.25, 0.3) is 0 Å². The van der Waals surface area contributed by atoms with E-state index in [1.54, 1.807) is 18.2 Å². The van der Waals surface area contributed by atoms with Gasteiger partial charge < -0.3 is 0 Å². The Balaban J connectivity index is 2.73. The molecule has 0 fully saturated rings. The molecule has 1 rings (SSSR count). The summed E-state index contributed by atoms with van der Waals surface area (Å²) in [5, 5.41) is 7.81. The van der Waals surface area contributed by atoms with E-state index in [0.717, 1.165) is 0 Å². The summed E-state index contributed by atoms with van der Waals surface area (Å²) in [5.41, 5.74) is 0.344. The Morgan fingerprint density at radius 3 is 2.50 bits per heavy atom. The molecule has 1 nitrogen and oxygen atoms in total. The zero-order valence-electron chi connectivity index (χ0n) is 7.01. The Morgan fingerprint density at radius 2 is 1.93 bits per heavy atom. The third-order valence-corrected chi connectivity index (χ3v) is 3.79. The van der Waals surface area contributed by atoms with Gasteiger partial charge in [-0.05, 0) is 0 Å². The number of hydrogen-bond donors (Lipinski definition) is 0. The number of hydrogen-bond acceptors (Lipinski definition) is 1. The van der Waals surface area contributed by atoms with E-state index in [9.17, 15) is 13.2 Å². The van der Waals surface area contributed by atoms with Gasteiger partial charge in [-0.25, -0.2) is 0 Å². The number of alkyl halides is 3. The van der Waals surface area contributed by atoms with Crippen LogP contribution in [0, 0.1) is 11.3 Å². The first-order valence-electron chi connectivity index (χ1n) is 3.71. The Morgan fingerprint density at radius 1 is 1.29 bits per heavy atom. The predicted octanol–water partition coefficient (Wildman–Crippen LogP) is 1.87. The number of halogens is 3. The summed E-state index contributed by atoms with van der Waals surface area (Å²) in [7, 11) is 0. The minimum absolute atomic E-state index is 0.344. The Kier molecular flexibility index (Phi) is 3.56. The van der Waals surface area contributed by atoms with Crippen molar-refractivity contribution in [3.8, 4) is 6.07 Å². The summed E-state index contributed by atoms with van der Waals surface area (Å²) >= 11 is -0.704. The van der Waals surface area contributed by atoms with Gasteiger partial charge in [-0.2, -0.15) is 0 Å². The number of rotatable bonds is 2. The van der Waals surface area contributed by atoms with E-state index in [4.69, 9.17) is 5.26 Å². The van der Waals surface area contributed by atoms with E-state index in [2.05, 4.69) is 0 Å². The van der Waals surface area contributed by atoms with E-state index in [-0.39, 0.29) is 0 Å². The molecule has 0 saturated heterocycles. The zero-order chi connectivity index (χ0) is 10.6. The molecule has 0 N–H and O–H groups in total. The molecule has 0 aliphatic rings. The van der Waals surface area contributed by atoms with Gasteiger partial charge >= 0.3 is 85.2 Å². The van der Waals surface area contributed by atoms with Crippen LogP contribution in [-0.2, 0) is 0 Å². The molecule has 0 amide bonds. The number of nitriles is 1. The van der Waals surface area contributed by atoms with Gasteiger partial charge in [0.15, 0.2) is 0 Å². The molecule has 74 valence electrons. The summed E-state index contributed by atoms with van der Waals surface area (Å²) in [6.07, 6.45) is -4.14. The Hall–Kier alpha value is -0.981. The second-order valence-corrected chi connectivity index (χ2v) is 4.65. The molecule has 0 saturated carbocycles. The van der Waals surface area contributed by atoms with Crippen LogP contribution in [0.2, 0.25) is 5.32 Å². The molecule has 0 bridgehead atoms. The summed E-state index contributed by atoms with van der Waals surface area (Å²) in [6, 6.07) is 8.28. The maximum atomic E-state index is 11.9. The molecular formula is C9H6F3NSe. The van der Waals surface area contributed by atoms with Crippen LogP contribution in [0.1, 0.15) is 5.56 Å². The van der Waals surface area contributed by atoms with E-state index < -0.39 is 26.5 Å². The fourth-order valence-electron chi connectivity index (χ4n) is 0.844. The normalized spacial score (nSPS) is 11.0. The van der Waals surface area contributed by atoms with Crippen molar-refractivity contribution in [2.24, 2.45) is 0 Å². The van der Waals surface area contributed by atoms with Gasteiger partial charge in [0, 0.05) is 0 Å². The van der Waals surface area contributed by atoms with Gasteiger partial charge in [0.2, 0.25) is 0 Å². The molecule has 14 heavy (non-hydrogen) atoms. The van der Waals surface area contributed by atoms with Gasteiger partial charge in [-0.1, -0.05) is 0 Å². The van der Waals surface area contributed by atoms with E-state index >= 15 is 0 Å². The molecule has 0 aliphatic carbocycles.